The smallest absolute Gasteiger partial charge is 0.271 e. The Hall–Kier alpha value is -3.19. The minimum atomic E-state index is -0.395. The minimum Gasteiger partial charge on any atom is -0.493 e. The molecule has 166 valence electrons. The Balaban J connectivity index is 2.12. The van der Waals surface area contributed by atoms with E-state index in [4.69, 9.17) is 30.5 Å². The normalized spacial score (nSPS) is 10.6. The van der Waals surface area contributed by atoms with Crippen molar-refractivity contribution in [2.24, 2.45) is 5.10 Å². The molecule has 0 aliphatic rings. The summed E-state index contributed by atoms with van der Waals surface area (Å²) < 4.78 is 22.1. The molecular formula is C23H27ClN2O5. The molecule has 0 aliphatic heterocycles. The first-order valence-electron chi connectivity index (χ1n) is 9.88. The Kier molecular flexibility index (Phi) is 9.71. The molecule has 0 fully saturated rings. The molecule has 1 N–H and O–H groups in total. The number of halogens is 1. The van der Waals surface area contributed by atoms with Crippen LogP contribution in [0.5, 0.6) is 23.0 Å². The van der Waals surface area contributed by atoms with Crippen molar-refractivity contribution in [3.63, 3.8) is 0 Å². The van der Waals surface area contributed by atoms with Gasteiger partial charge in [0.1, 0.15) is 6.61 Å². The molecule has 0 saturated carbocycles. The minimum absolute atomic E-state index is 0.338. The van der Waals surface area contributed by atoms with Gasteiger partial charge >= 0.3 is 0 Å². The van der Waals surface area contributed by atoms with Crippen LogP contribution in [0.15, 0.2) is 48.1 Å². The van der Waals surface area contributed by atoms with Gasteiger partial charge in [-0.1, -0.05) is 31.2 Å². The van der Waals surface area contributed by atoms with E-state index >= 15 is 0 Å². The molecule has 2 aromatic carbocycles. The summed E-state index contributed by atoms with van der Waals surface area (Å²) in [6, 6.07) is 8.32. The van der Waals surface area contributed by atoms with Crippen LogP contribution < -0.4 is 24.4 Å². The number of benzene rings is 2. The Morgan fingerprint density at radius 2 is 1.94 bits per heavy atom. The number of hydrazone groups is 1. The summed E-state index contributed by atoms with van der Waals surface area (Å²) in [5, 5.41) is 4.41. The van der Waals surface area contributed by atoms with E-state index in [0.29, 0.717) is 59.0 Å². The first-order chi connectivity index (χ1) is 15.0. The highest BCUT2D eigenvalue weighted by Gasteiger charge is 2.13. The summed E-state index contributed by atoms with van der Waals surface area (Å²) in [4.78, 5) is 12.5. The second-order valence-corrected chi connectivity index (χ2v) is 6.68. The van der Waals surface area contributed by atoms with Gasteiger partial charge in [0.05, 0.1) is 31.6 Å². The topological polar surface area (TPSA) is 78.4 Å². The zero-order chi connectivity index (χ0) is 22.6. The molecule has 0 heterocycles. The number of nitrogens with one attached hydrogen (secondary N) is 1. The lowest BCUT2D eigenvalue weighted by atomic mass is 10.2. The quantitative estimate of drug-likeness (QED) is 0.286. The van der Waals surface area contributed by atoms with Crippen molar-refractivity contribution in [3.8, 4) is 23.0 Å². The Morgan fingerprint density at radius 3 is 2.61 bits per heavy atom. The van der Waals surface area contributed by atoms with E-state index in [2.05, 4.69) is 17.1 Å². The highest BCUT2D eigenvalue weighted by atomic mass is 35.5. The molecule has 2 aromatic rings. The molecule has 31 heavy (non-hydrogen) atoms. The van der Waals surface area contributed by atoms with Gasteiger partial charge in [-0.15, -0.1) is 0 Å². The van der Waals surface area contributed by atoms with Crippen LogP contribution in [-0.4, -0.2) is 39.1 Å². The third-order valence-corrected chi connectivity index (χ3v) is 4.23. The molecule has 0 saturated heterocycles. The molecule has 7 nitrogen and oxygen atoms in total. The van der Waals surface area contributed by atoms with E-state index in [1.165, 1.54) is 13.3 Å². The number of nitrogens with zero attached hydrogens (tertiary/aromatic N) is 1. The first kappa shape index (κ1) is 24.1. The van der Waals surface area contributed by atoms with E-state index in [0.717, 1.165) is 6.42 Å². The zero-order valence-corrected chi connectivity index (χ0v) is 18.7. The maximum atomic E-state index is 12.5. The SMILES string of the molecule is C=CCOc1ccc(C(=O)N/N=C/c2cc(Cl)c(OCCC)c(OC)c2)cc1OCC. The van der Waals surface area contributed by atoms with Gasteiger partial charge in [0.2, 0.25) is 0 Å². The molecule has 0 atom stereocenters. The lowest BCUT2D eigenvalue weighted by Crippen LogP contribution is -2.17. The van der Waals surface area contributed by atoms with Crippen LogP contribution in [0.4, 0.5) is 0 Å². The summed E-state index contributed by atoms with van der Waals surface area (Å²) >= 11 is 6.30. The number of amides is 1. The van der Waals surface area contributed by atoms with Crippen molar-refractivity contribution < 1.29 is 23.7 Å². The summed E-state index contributed by atoms with van der Waals surface area (Å²) in [5.74, 6) is 1.59. The number of carbonyl (C=O) groups is 1. The molecule has 0 unspecified atom stereocenters. The van der Waals surface area contributed by atoms with Gasteiger partial charge in [-0.05, 0) is 49.2 Å². The fourth-order valence-corrected chi connectivity index (χ4v) is 2.85. The van der Waals surface area contributed by atoms with Crippen LogP contribution in [0.2, 0.25) is 5.02 Å². The Bertz CT molecular complexity index is 930. The van der Waals surface area contributed by atoms with Gasteiger partial charge in [0.25, 0.3) is 5.91 Å². The third kappa shape index (κ3) is 6.93. The summed E-state index contributed by atoms with van der Waals surface area (Å²) in [7, 11) is 1.53. The van der Waals surface area contributed by atoms with E-state index in [1.54, 1.807) is 36.4 Å². The molecule has 0 aromatic heterocycles. The van der Waals surface area contributed by atoms with E-state index < -0.39 is 5.91 Å². The summed E-state index contributed by atoms with van der Waals surface area (Å²) in [6.45, 7) is 8.78. The number of carbonyl (C=O) groups excluding carboxylic acids is 1. The van der Waals surface area contributed by atoms with Crippen LogP contribution in [0, 0.1) is 0 Å². The maximum Gasteiger partial charge on any atom is 0.271 e. The average Bonchev–Trinajstić information content (AvgIpc) is 2.77. The van der Waals surface area contributed by atoms with Crippen molar-refractivity contribution in [2.75, 3.05) is 26.9 Å². The van der Waals surface area contributed by atoms with Gasteiger partial charge in [-0.2, -0.15) is 5.10 Å². The van der Waals surface area contributed by atoms with Crippen molar-refractivity contribution in [1.29, 1.82) is 0 Å². The van der Waals surface area contributed by atoms with Crippen LogP contribution in [0.3, 0.4) is 0 Å². The lowest BCUT2D eigenvalue weighted by Gasteiger charge is -2.12. The van der Waals surface area contributed by atoms with Gasteiger partial charge < -0.3 is 18.9 Å². The predicted octanol–water partition coefficient (Wildman–Crippen LogP) is 4.86. The van der Waals surface area contributed by atoms with Gasteiger partial charge in [-0.25, -0.2) is 5.43 Å². The molecule has 0 spiro atoms. The Labute approximate surface area is 187 Å². The zero-order valence-electron chi connectivity index (χ0n) is 17.9. The Morgan fingerprint density at radius 1 is 1.13 bits per heavy atom. The van der Waals surface area contributed by atoms with Gasteiger partial charge in [-0.3, -0.25) is 4.79 Å². The molecule has 2 rings (SSSR count). The number of rotatable bonds is 12. The second kappa shape index (κ2) is 12.5. The first-order valence-corrected chi connectivity index (χ1v) is 10.3. The third-order valence-electron chi connectivity index (χ3n) is 3.94. The van der Waals surface area contributed by atoms with E-state index in [1.807, 2.05) is 13.8 Å². The van der Waals surface area contributed by atoms with Gasteiger partial charge in [0.15, 0.2) is 23.0 Å². The van der Waals surface area contributed by atoms with Crippen LogP contribution in [0.1, 0.15) is 36.2 Å². The highest BCUT2D eigenvalue weighted by molar-refractivity contribution is 6.32. The van der Waals surface area contributed by atoms with Crippen molar-refractivity contribution in [3.05, 3.63) is 59.1 Å². The number of ether oxygens (including phenoxy) is 4. The number of methoxy groups -OCH3 is 1. The van der Waals surface area contributed by atoms with Crippen molar-refractivity contribution >= 4 is 23.7 Å². The monoisotopic (exact) mass is 446 g/mol. The summed E-state index contributed by atoms with van der Waals surface area (Å²) in [5.41, 5.74) is 3.52. The molecule has 0 radical (unpaired) electrons. The maximum absolute atomic E-state index is 12.5. The van der Waals surface area contributed by atoms with Crippen LogP contribution in [0.25, 0.3) is 0 Å². The number of hydrogen-bond acceptors (Lipinski definition) is 6. The molecule has 0 bridgehead atoms. The fraction of sp³-hybridized carbons (Fsp3) is 0.304. The molecular weight excluding hydrogens is 420 g/mol. The lowest BCUT2D eigenvalue weighted by molar-refractivity contribution is 0.0954. The van der Waals surface area contributed by atoms with Crippen LogP contribution >= 0.6 is 11.6 Å². The average molecular weight is 447 g/mol. The highest BCUT2D eigenvalue weighted by Crippen LogP contribution is 2.36. The molecule has 1 amide bonds. The van der Waals surface area contributed by atoms with Crippen molar-refractivity contribution in [2.45, 2.75) is 20.3 Å². The van der Waals surface area contributed by atoms with Crippen molar-refractivity contribution in [1.82, 2.24) is 5.43 Å². The second-order valence-electron chi connectivity index (χ2n) is 6.28. The number of hydrogen-bond donors (Lipinski definition) is 1. The molecule has 0 aliphatic carbocycles. The summed E-state index contributed by atoms with van der Waals surface area (Å²) in [6.07, 6.45) is 3.96. The van der Waals surface area contributed by atoms with E-state index in [-0.39, 0.29) is 0 Å². The standard InChI is InChI=1S/C23H27ClN2O5/c1-5-10-30-19-9-8-17(14-20(19)29-7-3)23(27)26-25-15-16-12-18(24)22(31-11-6-2)21(13-16)28-4/h5,8-9,12-15H,1,6-7,10-11H2,2-4H3,(H,26,27)/b25-15+. The fourth-order valence-electron chi connectivity index (χ4n) is 2.57. The van der Waals surface area contributed by atoms with Crippen LogP contribution in [-0.2, 0) is 0 Å². The van der Waals surface area contributed by atoms with Gasteiger partial charge in [0, 0.05) is 5.56 Å². The predicted molar refractivity (Wildman–Crippen MR) is 122 cm³/mol. The largest absolute Gasteiger partial charge is 0.493 e. The van der Waals surface area contributed by atoms with E-state index in [9.17, 15) is 4.79 Å². The molecule has 8 heteroatoms.